The molecule has 1 fully saturated rings. The number of amides is 1. The van der Waals surface area contributed by atoms with Crippen LogP contribution in [0.3, 0.4) is 0 Å². The Morgan fingerprint density at radius 3 is 2.67 bits per heavy atom. The Morgan fingerprint density at radius 1 is 1.43 bits per heavy atom. The van der Waals surface area contributed by atoms with E-state index in [1.807, 2.05) is 31.3 Å². The van der Waals surface area contributed by atoms with E-state index < -0.39 is 11.9 Å². The van der Waals surface area contributed by atoms with E-state index in [1.165, 1.54) is 0 Å². The summed E-state index contributed by atoms with van der Waals surface area (Å²) in [7, 11) is 1.83. The molecule has 0 saturated carbocycles. The van der Waals surface area contributed by atoms with Gasteiger partial charge in [-0.25, -0.2) is 0 Å². The van der Waals surface area contributed by atoms with Gasteiger partial charge in [-0.3, -0.25) is 9.59 Å². The minimum atomic E-state index is -0.809. The maximum absolute atomic E-state index is 11.4. The number of nitrogens with zero attached hydrogens (tertiary/aromatic N) is 1. The van der Waals surface area contributed by atoms with Gasteiger partial charge in [-0.2, -0.15) is 0 Å². The second-order valence-electron chi connectivity index (χ2n) is 5.69. The number of carboxylic acids is 1. The van der Waals surface area contributed by atoms with E-state index >= 15 is 0 Å². The van der Waals surface area contributed by atoms with Crippen molar-refractivity contribution in [3.63, 3.8) is 0 Å². The third-order valence-electron chi connectivity index (χ3n) is 4.07. The fraction of sp³-hybridized carbons (Fsp3) is 0.500. The molecule has 1 amide bonds. The first-order chi connectivity index (χ1) is 9.97. The molecule has 0 spiro atoms. The molecule has 2 unspecified atom stereocenters. The Bertz CT molecular complexity index is 513. The van der Waals surface area contributed by atoms with Crippen molar-refractivity contribution >= 4 is 11.9 Å². The number of aliphatic carboxylic acids is 1. The zero-order chi connectivity index (χ0) is 15.4. The van der Waals surface area contributed by atoms with Gasteiger partial charge >= 0.3 is 5.97 Å². The number of nitrogens with one attached hydrogen (secondary N) is 1. The van der Waals surface area contributed by atoms with Gasteiger partial charge in [0.15, 0.2) is 0 Å². The summed E-state index contributed by atoms with van der Waals surface area (Å²) < 4.78 is 0. The van der Waals surface area contributed by atoms with Crippen LogP contribution < -0.4 is 5.32 Å². The smallest absolute Gasteiger partial charge is 0.310 e. The van der Waals surface area contributed by atoms with Gasteiger partial charge in [0.2, 0.25) is 5.91 Å². The second kappa shape index (κ2) is 6.72. The topological polar surface area (TPSA) is 69.6 Å². The standard InChI is InChI=1S/C16H22N2O3/c1-11(16(20)21)13-5-3-12(4-6-13)9-17-14-7-8-15(19)18(2)10-14/h3-6,11,14,17H,7-10H2,1-2H3,(H,20,21). The zero-order valence-electron chi connectivity index (χ0n) is 12.5. The van der Waals surface area contributed by atoms with Gasteiger partial charge in [0, 0.05) is 32.6 Å². The molecule has 1 aliphatic rings. The number of carboxylic acid groups (broad SMARTS) is 1. The Hall–Kier alpha value is -1.88. The monoisotopic (exact) mass is 290 g/mol. The third-order valence-corrected chi connectivity index (χ3v) is 4.07. The number of carbonyl (C=O) groups excluding carboxylic acids is 1. The van der Waals surface area contributed by atoms with Crippen LogP contribution in [0.2, 0.25) is 0 Å². The highest BCUT2D eigenvalue weighted by Gasteiger charge is 2.22. The number of hydrogen-bond acceptors (Lipinski definition) is 3. The molecule has 2 N–H and O–H groups in total. The second-order valence-corrected chi connectivity index (χ2v) is 5.69. The lowest BCUT2D eigenvalue weighted by atomic mass is 10.00. The first-order valence-corrected chi connectivity index (χ1v) is 7.26. The van der Waals surface area contributed by atoms with Crippen LogP contribution in [0.15, 0.2) is 24.3 Å². The van der Waals surface area contributed by atoms with E-state index in [9.17, 15) is 9.59 Å². The molecular formula is C16H22N2O3. The molecule has 1 aromatic carbocycles. The predicted molar refractivity (Wildman–Crippen MR) is 80.0 cm³/mol. The lowest BCUT2D eigenvalue weighted by molar-refractivity contribution is -0.138. The summed E-state index contributed by atoms with van der Waals surface area (Å²) in [4.78, 5) is 24.1. The van der Waals surface area contributed by atoms with E-state index in [-0.39, 0.29) is 5.91 Å². The van der Waals surface area contributed by atoms with Gasteiger partial charge in [-0.15, -0.1) is 0 Å². The molecule has 1 aliphatic heterocycles. The van der Waals surface area contributed by atoms with Gasteiger partial charge in [0.05, 0.1) is 5.92 Å². The molecule has 1 saturated heterocycles. The van der Waals surface area contributed by atoms with Crippen molar-refractivity contribution < 1.29 is 14.7 Å². The summed E-state index contributed by atoms with van der Waals surface area (Å²) in [6.45, 7) is 3.16. The van der Waals surface area contributed by atoms with Crippen LogP contribution in [-0.2, 0) is 16.1 Å². The summed E-state index contributed by atoms with van der Waals surface area (Å²) in [5.74, 6) is -1.08. The number of carbonyl (C=O) groups is 2. The number of rotatable bonds is 5. The number of likely N-dealkylation sites (N-methyl/N-ethyl adjacent to an activating group) is 1. The Labute approximate surface area is 125 Å². The average Bonchev–Trinajstić information content (AvgIpc) is 2.48. The fourth-order valence-corrected chi connectivity index (χ4v) is 2.51. The summed E-state index contributed by atoms with van der Waals surface area (Å²) in [5.41, 5.74) is 1.94. The van der Waals surface area contributed by atoms with Crippen molar-refractivity contribution in [2.24, 2.45) is 0 Å². The maximum Gasteiger partial charge on any atom is 0.310 e. The summed E-state index contributed by atoms with van der Waals surface area (Å²) in [6, 6.07) is 7.97. The maximum atomic E-state index is 11.4. The zero-order valence-corrected chi connectivity index (χ0v) is 12.5. The molecule has 0 bridgehead atoms. The molecule has 21 heavy (non-hydrogen) atoms. The van der Waals surface area contributed by atoms with Crippen LogP contribution in [0.1, 0.15) is 36.8 Å². The highest BCUT2D eigenvalue weighted by atomic mass is 16.4. The highest BCUT2D eigenvalue weighted by molar-refractivity contribution is 5.76. The first-order valence-electron chi connectivity index (χ1n) is 7.26. The van der Waals surface area contributed by atoms with Crippen molar-refractivity contribution in [2.75, 3.05) is 13.6 Å². The minimum Gasteiger partial charge on any atom is -0.481 e. The van der Waals surface area contributed by atoms with Gasteiger partial charge < -0.3 is 15.3 Å². The van der Waals surface area contributed by atoms with Crippen molar-refractivity contribution in [1.82, 2.24) is 10.2 Å². The molecule has 1 heterocycles. The number of hydrogen-bond donors (Lipinski definition) is 2. The van der Waals surface area contributed by atoms with Gasteiger partial charge in [-0.1, -0.05) is 24.3 Å². The Kier molecular flexibility index (Phi) is 4.96. The van der Waals surface area contributed by atoms with E-state index in [2.05, 4.69) is 5.32 Å². The molecule has 2 rings (SSSR count). The molecule has 114 valence electrons. The lowest BCUT2D eigenvalue weighted by Crippen LogP contribution is -2.46. The fourth-order valence-electron chi connectivity index (χ4n) is 2.51. The molecule has 0 aliphatic carbocycles. The van der Waals surface area contributed by atoms with E-state index in [1.54, 1.807) is 11.8 Å². The van der Waals surface area contributed by atoms with Crippen LogP contribution in [0.4, 0.5) is 0 Å². The minimum absolute atomic E-state index is 0.208. The normalized spacial score (nSPS) is 20.4. The van der Waals surface area contributed by atoms with Gasteiger partial charge in [0.25, 0.3) is 0 Å². The van der Waals surface area contributed by atoms with Gasteiger partial charge in [-0.05, 0) is 24.5 Å². The number of benzene rings is 1. The first kappa shape index (κ1) is 15.5. The molecule has 5 heteroatoms. The average molecular weight is 290 g/mol. The summed E-state index contributed by atoms with van der Waals surface area (Å²) >= 11 is 0. The summed E-state index contributed by atoms with van der Waals surface area (Å²) in [6.07, 6.45) is 1.47. The third kappa shape index (κ3) is 4.04. The molecule has 5 nitrogen and oxygen atoms in total. The Morgan fingerprint density at radius 2 is 2.10 bits per heavy atom. The number of piperidine rings is 1. The quantitative estimate of drug-likeness (QED) is 0.864. The molecule has 0 aromatic heterocycles. The summed E-state index contributed by atoms with van der Waals surface area (Å²) in [5, 5.41) is 12.4. The Balaban J connectivity index is 1.86. The molecule has 1 aromatic rings. The predicted octanol–water partition coefficient (Wildman–Crippen LogP) is 1.59. The highest BCUT2D eigenvalue weighted by Crippen LogP contribution is 2.16. The van der Waals surface area contributed by atoms with Crippen molar-refractivity contribution in [3.8, 4) is 0 Å². The van der Waals surface area contributed by atoms with Crippen LogP contribution in [-0.4, -0.2) is 41.5 Å². The van der Waals surface area contributed by atoms with Crippen LogP contribution >= 0.6 is 0 Å². The van der Waals surface area contributed by atoms with Gasteiger partial charge in [0.1, 0.15) is 0 Å². The van der Waals surface area contributed by atoms with E-state index in [0.717, 1.165) is 30.6 Å². The van der Waals surface area contributed by atoms with Crippen LogP contribution in [0.25, 0.3) is 0 Å². The lowest BCUT2D eigenvalue weighted by Gasteiger charge is -2.30. The van der Waals surface area contributed by atoms with Crippen LogP contribution in [0, 0.1) is 0 Å². The SMILES string of the molecule is CC(C(=O)O)c1ccc(CNC2CCC(=O)N(C)C2)cc1. The van der Waals surface area contributed by atoms with E-state index in [4.69, 9.17) is 5.11 Å². The largest absolute Gasteiger partial charge is 0.481 e. The van der Waals surface area contributed by atoms with Crippen molar-refractivity contribution in [2.45, 2.75) is 38.3 Å². The number of likely N-dealkylation sites (tertiary alicyclic amines) is 1. The molecular weight excluding hydrogens is 268 g/mol. The van der Waals surface area contributed by atoms with E-state index in [0.29, 0.717) is 12.5 Å². The van der Waals surface area contributed by atoms with Crippen LogP contribution in [0.5, 0.6) is 0 Å². The van der Waals surface area contributed by atoms with Crippen molar-refractivity contribution in [1.29, 1.82) is 0 Å². The molecule has 0 radical (unpaired) electrons. The van der Waals surface area contributed by atoms with Crippen molar-refractivity contribution in [3.05, 3.63) is 35.4 Å². The molecule has 2 atom stereocenters.